The summed E-state index contributed by atoms with van der Waals surface area (Å²) in [5.41, 5.74) is 1.79. The molecule has 140 valence electrons. The third-order valence-electron chi connectivity index (χ3n) is 3.78. The van der Waals surface area contributed by atoms with Crippen molar-refractivity contribution < 1.29 is 8.42 Å². The lowest BCUT2D eigenvalue weighted by atomic mass is 10.2. The standard InChI is InChI=1S/C19H24ClN3O2S/c1-21-19(23-14-17-10-5-6-11-18(17)20)22-12-7-13-26(24,25)15-16-8-3-2-4-9-16/h2-6,8-11H,7,12-15H2,1H3,(H2,21,22,23). The smallest absolute Gasteiger partial charge is 0.191 e. The molecule has 0 radical (unpaired) electrons. The Balaban J connectivity index is 1.73. The molecule has 0 atom stereocenters. The van der Waals surface area contributed by atoms with Crippen molar-refractivity contribution in [3.8, 4) is 0 Å². The average Bonchev–Trinajstić information content (AvgIpc) is 2.63. The first-order valence-electron chi connectivity index (χ1n) is 8.42. The predicted molar refractivity (Wildman–Crippen MR) is 108 cm³/mol. The lowest BCUT2D eigenvalue weighted by molar-refractivity contribution is 0.591. The van der Waals surface area contributed by atoms with Crippen LogP contribution in [-0.2, 0) is 22.1 Å². The molecule has 0 spiro atoms. The first-order chi connectivity index (χ1) is 12.5. The van der Waals surface area contributed by atoms with Crippen LogP contribution in [0.5, 0.6) is 0 Å². The summed E-state index contributed by atoms with van der Waals surface area (Å²) >= 11 is 6.13. The Labute approximate surface area is 160 Å². The SMILES string of the molecule is CN=C(NCCCS(=O)(=O)Cc1ccccc1)NCc1ccccc1Cl. The Bertz CT molecular complexity index is 824. The molecule has 0 saturated carbocycles. The van der Waals surface area contributed by atoms with Crippen LogP contribution in [0.25, 0.3) is 0 Å². The summed E-state index contributed by atoms with van der Waals surface area (Å²) < 4.78 is 24.3. The van der Waals surface area contributed by atoms with E-state index in [-0.39, 0.29) is 11.5 Å². The second-order valence-electron chi connectivity index (χ2n) is 5.88. The third-order valence-corrected chi connectivity index (χ3v) is 5.83. The summed E-state index contributed by atoms with van der Waals surface area (Å²) in [6, 6.07) is 16.8. The summed E-state index contributed by atoms with van der Waals surface area (Å²) in [5.74, 6) is 0.828. The van der Waals surface area contributed by atoms with Gasteiger partial charge in [0.1, 0.15) is 0 Å². The predicted octanol–water partition coefficient (Wildman–Crippen LogP) is 3.01. The van der Waals surface area contributed by atoms with Crippen LogP contribution in [0.15, 0.2) is 59.6 Å². The van der Waals surface area contributed by atoms with Gasteiger partial charge in [-0.1, -0.05) is 60.1 Å². The molecule has 0 amide bonds. The molecule has 2 aromatic rings. The Hall–Kier alpha value is -2.05. The number of nitrogens with one attached hydrogen (secondary N) is 2. The molecule has 0 fully saturated rings. The molecule has 26 heavy (non-hydrogen) atoms. The number of sulfone groups is 1. The quantitative estimate of drug-likeness (QED) is 0.411. The number of halogens is 1. The second-order valence-corrected chi connectivity index (χ2v) is 8.47. The molecular weight excluding hydrogens is 370 g/mol. The summed E-state index contributed by atoms with van der Waals surface area (Å²) in [7, 11) is -1.44. The van der Waals surface area contributed by atoms with Gasteiger partial charge in [-0.3, -0.25) is 4.99 Å². The van der Waals surface area contributed by atoms with Gasteiger partial charge in [-0.15, -0.1) is 0 Å². The molecule has 2 rings (SSSR count). The molecule has 0 aliphatic carbocycles. The Morgan fingerprint density at radius 1 is 1.04 bits per heavy atom. The van der Waals surface area contributed by atoms with E-state index in [1.165, 1.54) is 0 Å². The van der Waals surface area contributed by atoms with Gasteiger partial charge in [-0.2, -0.15) is 0 Å². The summed E-state index contributed by atoms with van der Waals surface area (Å²) in [5, 5.41) is 6.99. The van der Waals surface area contributed by atoms with Gasteiger partial charge in [0.05, 0.1) is 11.5 Å². The number of aliphatic imine (C=N–C) groups is 1. The zero-order valence-electron chi connectivity index (χ0n) is 14.8. The largest absolute Gasteiger partial charge is 0.356 e. The molecule has 0 unspecified atom stereocenters. The first-order valence-corrected chi connectivity index (χ1v) is 10.6. The van der Waals surface area contributed by atoms with E-state index < -0.39 is 9.84 Å². The summed E-state index contributed by atoms with van der Waals surface area (Å²) in [6.07, 6.45) is 0.516. The zero-order chi connectivity index (χ0) is 18.8. The maximum Gasteiger partial charge on any atom is 0.191 e. The second kappa shape index (κ2) is 10.2. The normalized spacial score (nSPS) is 12.0. The van der Waals surface area contributed by atoms with Gasteiger partial charge in [0.2, 0.25) is 0 Å². The fourth-order valence-corrected chi connectivity index (χ4v) is 4.07. The molecule has 2 aromatic carbocycles. The minimum Gasteiger partial charge on any atom is -0.356 e. The van der Waals surface area contributed by atoms with Crippen molar-refractivity contribution in [2.45, 2.75) is 18.7 Å². The lowest BCUT2D eigenvalue weighted by Crippen LogP contribution is -2.37. The molecule has 5 nitrogen and oxygen atoms in total. The van der Waals surface area contributed by atoms with E-state index >= 15 is 0 Å². The maximum absolute atomic E-state index is 12.2. The molecule has 0 heterocycles. The van der Waals surface area contributed by atoms with Gasteiger partial charge in [-0.05, 0) is 23.6 Å². The zero-order valence-corrected chi connectivity index (χ0v) is 16.4. The molecule has 0 aromatic heterocycles. The fourth-order valence-electron chi connectivity index (χ4n) is 2.44. The van der Waals surface area contributed by atoms with Gasteiger partial charge < -0.3 is 10.6 Å². The van der Waals surface area contributed by atoms with E-state index in [1.807, 2.05) is 54.6 Å². The highest BCUT2D eigenvalue weighted by atomic mass is 35.5. The van der Waals surface area contributed by atoms with Crippen LogP contribution in [0.2, 0.25) is 5.02 Å². The van der Waals surface area contributed by atoms with Crippen LogP contribution < -0.4 is 10.6 Å². The highest BCUT2D eigenvalue weighted by Crippen LogP contribution is 2.14. The van der Waals surface area contributed by atoms with Crippen LogP contribution in [0, 0.1) is 0 Å². The number of rotatable bonds is 8. The molecule has 0 aliphatic heterocycles. The van der Waals surface area contributed by atoms with Crippen molar-refractivity contribution in [3.05, 3.63) is 70.7 Å². The molecule has 7 heteroatoms. The van der Waals surface area contributed by atoms with Crippen LogP contribution in [0.3, 0.4) is 0 Å². The molecule has 0 saturated heterocycles. The number of hydrogen-bond donors (Lipinski definition) is 2. The number of hydrogen-bond acceptors (Lipinski definition) is 3. The van der Waals surface area contributed by atoms with Gasteiger partial charge in [0, 0.05) is 25.2 Å². The van der Waals surface area contributed by atoms with Crippen molar-refractivity contribution in [2.75, 3.05) is 19.3 Å². The molecular formula is C19H24ClN3O2S. The van der Waals surface area contributed by atoms with Crippen molar-refractivity contribution in [3.63, 3.8) is 0 Å². The van der Waals surface area contributed by atoms with E-state index in [0.29, 0.717) is 30.5 Å². The van der Waals surface area contributed by atoms with Gasteiger partial charge in [0.25, 0.3) is 0 Å². The molecule has 0 aliphatic rings. The van der Waals surface area contributed by atoms with Crippen LogP contribution >= 0.6 is 11.6 Å². The Kier molecular flexibility index (Phi) is 7.94. The summed E-state index contributed by atoms with van der Waals surface area (Å²) in [4.78, 5) is 4.14. The Morgan fingerprint density at radius 2 is 1.73 bits per heavy atom. The van der Waals surface area contributed by atoms with E-state index in [1.54, 1.807) is 7.05 Å². The monoisotopic (exact) mass is 393 g/mol. The minimum atomic E-state index is -3.12. The van der Waals surface area contributed by atoms with E-state index in [0.717, 1.165) is 11.1 Å². The van der Waals surface area contributed by atoms with Crippen LogP contribution in [0.4, 0.5) is 0 Å². The minimum absolute atomic E-state index is 0.0767. The fraction of sp³-hybridized carbons (Fsp3) is 0.316. The molecule has 0 bridgehead atoms. The number of guanidine groups is 1. The van der Waals surface area contributed by atoms with Crippen LogP contribution in [-0.4, -0.2) is 33.7 Å². The van der Waals surface area contributed by atoms with Crippen molar-refractivity contribution >= 4 is 27.4 Å². The highest BCUT2D eigenvalue weighted by molar-refractivity contribution is 7.90. The van der Waals surface area contributed by atoms with Crippen molar-refractivity contribution in [2.24, 2.45) is 4.99 Å². The number of nitrogens with zero attached hydrogens (tertiary/aromatic N) is 1. The van der Waals surface area contributed by atoms with Crippen molar-refractivity contribution in [1.29, 1.82) is 0 Å². The first kappa shape index (κ1) is 20.3. The van der Waals surface area contributed by atoms with Crippen molar-refractivity contribution in [1.82, 2.24) is 10.6 Å². The highest BCUT2D eigenvalue weighted by Gasteiger charge is 2.11. The third kappa shape index (κ3) is 7.06. The number of benzene rings is 2. The van der Waals surface area contributed by atoms with Gasteiger partial charge >= 0.3 is 0 Å². The molecule has 2 N–H and O–H groups in total. The van der Waals surface area contributed by atoms with Gasteiger partial charge in [0.15, 0.2) is 15.8 Å². The topological polar surface area (TPSA) is 70.6 Å². The maximum atomic E-state index is 12.2. The van der Waals surface area contributed by atoms with E-state index in [2.05, 4.69) is 15.6 Å². The average molecular weight is 394 g/mol. The Morgan fingerprint density at radius 3 is 2.42 bits per heavy atom. The lowest BCUT2D eigenvalue weighted by Gasteiger charge is -2.12. The summed E-state index contributed by atoms with van der Waals surface area (Å²) in [6.45, 7) is 1.07. The van der Waals surface area contributed by atoms with E-state index in [9.17, 15) is 8.42 Å². The van der Waals surface area contributed by atoms with Gasteiger partial charge in [-0.25, -0.2) is 8.42 Å². The van der Waals surface area contributed by atoms with E-state index in [4.69, 9.17) is 11.6 Å². The van der Waals surface area contributed by atoms with Crippen LogP contribution in [0.1, 0.15) is 17.5 Å².